The van der Waals surface area contributed by atoms with Crippen molar-refractivity contribution in [2.24, 2.45) is 5.73 Å². The number of pyridine rings is 1. The third-order valence-electron chi connectivity index (χ3n) is 2.51. The Morgan fingerprint density at radius 1 is 1.48 bits per heavy atom. The molecule has 0 saturated heterocycles. The minimum absolute atomic E-state index is 0.0256. The normalized spacial score (nSPS) is 11.7. The molecule has 9 heteroatoms. The molecular weight excluding hydrogens is 312 g/mol. The van der Waals surface area contributed by atoms with Crippen LogP contribution in [0.25, 0.3) is 0 Å². The van der Waals surface area contributed by atoms with E-state index in [9.17, 15) is 13.2 Å². The lowest BCUT2D eigenvalue weighted by Crippen LogP contribution is -2.40. The predicted octanol–water partition coefficient (Wildman–Crippen LogP) is -0.139. The number of amides is 1. The third kappa shape index (κ3) is 4.73. The number of thiocarbonyl (C=S) groups is 1. The molecule has 0 atom stereocenters. The van der Waals surface area contributed by atoms with Gasteiger partial charge >= 0.3 is 0 Å². The molecule has 0 aliphatic heterocycles. The number of sulfonamides is 1. The predicted molar refractivity (Wildman–Crippen MR) is 83.2 cm³/mol. The maximum absolute atomic E-state index is 12.3. The number of aromatic nitrogens is 1. The van der Waals surface area contributed by atoms with Crippen molar-refractivity contribution in [3.05, 3.63) is 24.0 Å². The van der Waals surface area contributed by atoms with E-state index in [1.807, 2.05) is 0 Å². The van der Waals surface area contributed by atoms with E-state index in [1.54, 1.807) is 13.8 Å². The summed E-state index contributed by atoms with van der Waals surface area (Å²) in [6.07, 6.45) is 1.17. The van der Waals surface area contributed by atoms with Gasteiger partial charge in [-0.05, 0) is 26.0 Å². The number of nitrogens with two attached hydrogens (primary N) is 1. The number of carbonyl (C=O) groups excluding carboxylic acids is 1. The van der Waals surface area contributed by atoms with E-state index >= 15 is 0 Å². The molecule has 0 bridgehead atoms. The molecule has 1 amide bonds. The second kappa shape index (κ2) is 6.92. The second-order valence-electron chi connectivity index (χ2n) is 4.73. The number of nitrogens with one attached hydrogen (secondary N) is 1. The Morgan fingerprint density at radius 2 is 2.10 bits per heavy atom. The van der Waals surface area contributed by atoms with E-state index in [4.69, 9.17) is 18.0 Å². The average molecular weight is 330 g/mol. The van der Waals surface area contributed by atoms with E-state index in [0.29, 0.717) is 5.69 Å². The van der Waals surface area contributed by atoms with Gasteiger partial charge in [0.2, 0.25) is 15.9 Å². The lowest BCUT2D eigenvalue weighted by Gasteiger charge is -2.17. The Balaban J connectivity index is 2.89. The zero-order valence-corrected chi connectivity index (χ0v) is 13.7. The highest BCUT2D eigenvalue weighted by molar-refractivity contribution is 7.89. The molecule has 1 aromatic rings. The van der Waals surface area contributed by atoms with Crippen LogP contribution in [0.5, 0.6) is 0 Å². The van der Waals surface area contributed by atoms with Gasteiger partial charge in [0, 0.05) is 19.3 Å². The van der Waals surface area contributed by atoms with E-state index in [0.717, 1.165) is 4.31 Å². The third-order valence-corrected chi connectivity index (χ3v) is 4.51. The summed E-state index contributed by atoms with van der Waals surface area (Å²) in [6, 6.07) is 2.73. The highest BCUT2D eigenvalue weighted by Gasteiger charge is 2.23. The van der Waals surface area contributed by atoms with Crippen molar-refractivity contribution in [2.45, 2.75) is 24.8 Å². The molecule has 0 unspecified atom stereocenters. The SMILES string of the molecule is CC(C)NC(=O)CN(C)S(=O)(=O)c1ccc(C(N)=S)nc1. The molecule has 0 aliphatic carbocycles. The number of hydrogen-bond donors (Lipinski definition) is 2. The molecule has 0 fully saturated rings. The molecule has 0 spiro atoms. The van der Waals surface area contributed by atoms with Gasteiger partial charge in [-0.25, -0.2) is 8.42 Å². The summed E-state index contributed by atoms with van der Waals surface area (Å²) in [5.41, 5.74) is 5.74. The lowest BCUT2D eigenvalue weighted by atomic mass is 10.3. The first-order valence-corrected chi connectivity index (χ1v) is 8.01. The van der Waals surface area contributed by atoms with Crippen LogP contribution in [-0.4, -0.2) is 48.2 Å². The smallest absolute Gasteiger partial charge is 0.244 e. The van der Waals surface area contributed by atoms with E-state index in [1.165, 1.54) is 25.4 Å². The fourth-order valence-corrected chi connectivity index (χ4v) is 2.71. The number of nitrogens with zero attached hydrogens (tertiary/aromatic N) is 2. The van der Waals surface area contributed by atoms with Gasteiger partial charge in [0.1, 0.15) is 9.88 Å². The zero-order chi connectivity index (χ0) is 16.2. The van der Waals surface area contributed by atoms with Crippen LogP contribution < -0.4 is 11.1 Å². The van der Waals surface area contributed by atoms with Crippen LogP contribution in [0, 0.1) is 0 Å². The summed E-state index contributed by atoms with van der Waals surface area (Å²) < 4.78 is 25.5. The van der Waals surface area contributed by atoms with Crippen LogP contribution in [0.3, 0.4) is 0 Å². The summed E-state index contributed by atoms with van der Waals surface area (Å²) in [7, 11) is -2.46. The number of hydrogen-bond acceptors (Lipinski definition) is 5. The van der Waals surface area contributed by atoms with E-state index in [-0.39, 0.29) is 28.4 Å². The van der Waals surface area contributed by atoms with Crippen molar-refractivity contribution in [1.82, 2.24) is 14.6 Å². The van der Waals surface area contributed by atoms with Crippen LogP contribution >= 0.6 is 12.2 Å². The molecule has 0 aromatic carbocycles. The van der Waals surface area contributed by atoms with Gasteiger partial charge in [-0.1, -0.05) is 12.2 Å². The Kier molecular flexibility index (Phi) is 5.76. The minimum atomic E-state index is -3.79. The standard InChI is InChI=1S/C12H18N4O3S2/c1-8(2)15-11(17)7-16(3)21(18,19)9-4-5-10(12(13)20)14-6-9/h4-6,8H,7H2,1-3H3,(H2,13,20)(H,15,17). The maximum atomic E-state index is 12.3. The van der Waals surface area contributed by atoms with E-state index in [2.05, 4.69) is 10.3 Å². The summed E-state index contributed by atoms with van der Waals surface area (Å²) in [6.45, 7) is 3.33. The van der Waals surface area contributed by atoms with Crippen molar-refractivity contribution in [1.29, 1.82) is 0 Å². The summed E-state index contributed by atoms with van der Waals surface area (Å²) in [5.74, 6) is -0.371. The van der Waals surface area contributed by atoms with Gasteiger partial charge in [-0.15, -0.1) is 0 Å². The molecule has 0 radical (unpaired) electrons. The molecular formula is C12H18N4O3S2. The maximum Gasteiger partial charge on any atom is 0.244 e. The summed E-state index contributed by atoms with van der Waals surface area (Å²) in [4.78, 5) is 15.6. The number of rotatable bonds is 6. The molecule has 0 aliphatic rings. The second-order valence-corrected chi connectivity index (χ2v) is 7.21. The Bertz CT molecular complexity index is 626. The van der Waals surface area contributed by atoms with Gasteiger partial charge in [0.05, 0.1) is 12.2 Å². The molecule has 7 nitrogen and oxygen atoms in total. The quantitative estimate of drug-likeness (QED) is 0.704. The van der Waals surface area contributed by atoms with Crippen LogP contribution in [-0.2, 0) is 14.8 Å². The first kappa shape index (κ1) is 17.5. The van der Waals surface area contributed by atoms with Crippen molar-refractivity contribution in [2.75, 3.05) is 13.6 Å². The minimum Gasteiger partial charge on any atom is -0.388 e. The van der Waals surface area contributed by atoms with Crippen molar-refractivity contribution in [3.8, 4) is 0 Å². The molecule has 1 aromatic heterocycles. The number of carbonyl (C=O) groups is 1. The molecule has 116 valence electrons. The van der Waals surface area contributed by atoms with Crippen molar-refractivity contribution in [3.63, 3.8) is 0 Å². The van der Waals surface area contributed by atoms with E-state index < -0.39 is 10.0 Å². The first-order valence-electron chi connectivity index (χ1n) is 6.16. The van der Waals surface area contributed by atoms with Gasteiger partial charge < -0.3 is 11.1 Å². The monoisotopic (exact) mass is 330 g/mol. The van der Waals surface area contributed by atoms with Crippen LogP contribution in [0.15, 0.2) is 23.2 Å². The first-order chi connectivity index (χ1) is 9.64. The largest absolute Gasteiger partial charge is 0.388 e. The Labute approximate surface area is 129 Å². The van der Waals surface area contributed by atoms with Gasteiger partial charge in [0.15, 0.2) is 0 Å². The molecule has 0 saturated carbocycles. The number of likely N-dealkylation sites (N-methyl/N-ethyl adjacent to an activating group) is 1. The fraction of sp³-hybridized carbons (Fsp3) is 0.417. The van der Waals surface area contributed by atoms with Gasteiger partial charge in [0.25, 0.3) is 0 Å². The zero-order valence-electron chi connectivity index (χ0n) is 12.0. The summed E-state index contributed by atoms with van der Waals surface area (Å²) in [5, 5.41) is 2.63. The van der Waals surface area contributed by atoms with Gasteiger partial charge in [-0.3, -0.25) is 9.78 Å². The van der Waals surface area contributed by atoms with Gasteiger partial charge in [-0.2, -0.15) is 4.31 Å². The Morgan fingerprint density at radius 3 is 2.52 bits per heavy atom. The molecule has 1 heterocycles. The molecule has 1 rings (SSSR count). The topological polar surface area (TPSA) is 105 Å². The highest BCUT2D eigenvalue weighted by Crippen LogP contribution is 2.13. The molecule has 3 N–H and O–H groups in total. The Hall–Kier alpha value is -1.58. The van der Waals surface area contributed by atoms with Crippen LogP contribution in [0.1, 0.15) is 19.5 Å². The van der Waals surface area contributed by atoms with Crippen LogP contribution in [0.4, 0.5) is 0 Å². The fourth-order valence-electron chi connectivity index (χ4n) is 1.51. The average Bonchev–Trinajstić information content (AvgIpc) is 2.37. The highest BCUT2D eigenvalue weighted by atomic mass is 32.2. The van der Waals surface area contributed by atoms with Crippen molar-refractivity contribution < 1.29 is 13.2 Å². The van der Waals surface area contributed by atoms with Crippen LogP contribution in [0.2, 0.25) is 0 Å². The summed E-state index contributed by atoms with van der Waals surface area (Å²) >= 11 is 4.75. The lowest BCUT2D eigenvalue weighted by molar-refractivity contribution is -0.121. The van der Waals surface area contributed by atoms with Crippen molar-refractivity contribution >= 4 is 33.1 Å². The molecule has 21 heavy (non-hydrogen) atoms.